The van der Waals surface area contributed by atoms with Gasteiger partial charge >= 0.3 is 6.18 Å². The molecule has 3 aromatic rings. The molecule has 0 aliphatic carbocycles. The number of rotatable bonds is 1. The first-order valence-corrected chi connectivity index (χ1v) is 7.38. The fourth-order valence-corrected chi connectivity index (χ4v) is 2.51. The van der Waals surface area contributed by atoms with Gasteiger partial charge in [-0.05, 0) is 5.56 Å². The highest BCUT2D eigenvalue weighted by Gasteiger charge is 2.38. The molecule has 2 heterocycles. The highest BCUT2D eigenvalue weighted by molar-refractivity contribution is 5.80. The molecule has 4 nitrogen and oxygen atoms in total. The number of benzene rings is 1. The number of alkyl halides is 3. The third-order valence-corrected chi connectivity index (χ3v) is 3.73. The van der Waals surface area contributed by atoms with Crippen molar-refractivity contribution >= 4 is 5.65 Å². The second-order valence-electron chi connectivity index (χ2n) is 6.61. The molecule has 0 saturated heterocycles. The maximum Gasteiger partial charge on any atom is 0.433 e. The molecule has 0 amide bonds. The number of halogens is 3. The molecule has 24 heavy (non-hydrogen) atoms. The van der Waals surface area contributed by atoms with Crippen LogP contribution in [0, 0.1) is 0 Å². The second kappa shape index (κ2) is 5.22. The molecular weight excluding hydrogens is 319 g/mol. The molecule has 2 aromatic heterocycles. The molecule has 0 aliphatic rings. The summed E-state index contributed by atoms with van der Waals surface area (Å²) in [5.74, 6) is 0. The van der Waals surface area contributed by atoms with Crippen molar-refractivity contribution in [2.45, 2.75) is 32.4 Å². The molecule has 0 fully saturated rings. The van der Waals surface area contributed by atoms with Gasteiger partial charge in [0, 0.05) is 11.5 Å². The lowest BCUT2D eigenvalue weighted by atomic mass is 9.92. The van der Waals surface area contributed by atoms with Crippen molar-refractivity contribution in [3.63, 3.8) is 0 Å². The van der Waals surface area contributed by atoms with Gasteiger partial charge in [0.2, 0.25) is 0 Å². The van der Waals surface area contributed by atoms with Crippen molar-refractivity contribution in [3.8, 4) is 11.1 Å². The second-order valence-corrected chi connectivity index (χ2v) is 6.61. The van der Waals surface area contributed by atoms with Crippen LogP contribution in [-0.4, -0.2) is 14.6 Å². The average molecular weight is 335 g/mol. The van der Waals surface area contributed by atoms with Crippen molar-refractivity contribution in [2.24, 2.45) is 0 Å². The van der Waals surface area contributed by atoms with Crippen LogP contribution in [0.2, 0.25) is 0 Å². The topological polar surface area (TPSA) is 50.2 Å². The highest BCUT2D eigenvalue weighted by atomic mass is 19.4. The molecule has 7 heteroatoms. The van der Waals surface area contributed by atoms with Gasteiger partial charge in [-0.3, -0.25) is 9.89 Å². The van der Waals surface area contributed by atoms with Gasteiger partial charge in [-0.2, -0.15) is 13.2 Å². The van der Waals surface area contributed by atoms with E-state index >= 15 is 0 Å². The third-order valence-electron chi connectivity index (χ3n) is 3.73. The van der Waals surface area contributed by atoms with Gasteiger partial charge in [-0.1, -0.05) is 51.1 Å². The highest BCUT2D eigenvalue weighted by Crippen LogP contribution is 2.38. The first kappa shape index (κ1) is 16.3. The summed E-state index contributed by atoms with van der Waals surface area (Å²) < 4.78 is 41.2. The molecule has 3 rings (SSSR count). The van der Waals surface area contributed by atoms with E-state index in [0.29, 0.717) is 11.3 Å². The van der Waals surface area contributed by atoms with E-state index in [9.17, 15) is 18.0 Å². The normalized spacial score (nSPS) is 12.8. The molecule has 0 unspecified atom stereocenters. The average Bonchev–Trinajstić information content (AvgIpc) is 2.87. The van der Waals surface area contributed by atoms with E-state index in [1.165, 1.54) is 6.07 Å². The fraction of sp³-hybridized carbons (Fsp3) is 0.294. The molecule has 1 aromatic carbocycles. The Morgan fingerprint density at radius 3 is 2.25 bits per heavy atom. The zero-order chi connectivity index (χ0) is 17.7. The molecule has 126 valence electrons. The number of fused-ring (bicyclic) bond motifs is 1. The number of hydrogen-bond acceptors (Lipinski definition) is 2. The Morgan fingerprint density at radius 1 is 1.08 bits per heavy atom. The summed E-state index contributed by atoms with van der Waals surface area (Å²) in [6.45, 7) is 5.56. The van der Waals surface area contributed by atoms with Crippen LogP contribution in [0.25, 0.3) is 16.8 Å². The van der Waals surface area contributed by atoms with E-state index < -0.39 is 22.8 Å². The van der Waals surface area contributed by atoms with E-state index in [1.54, 1.807) is 30.3 Å². The Morgan fingerprint density at radius 2 is 1.71 bits per heavy atom. The van der Waals surface area contributed by atoms with Crippen LogP contribution in [0.3, 0.4) is 0 Å². The van der Waals surface area contributed by atoms with Crippen molar-refractivity contribution in [1.29, 1.82) is 0 Å². The largest absolute Gasteiger partial charge is 0.433 e. The maximum atomic E-state index is 13.5. The Balaban J connectivity index is 2.46. The standard InChI is InChI=1S/C17H16F3N3O/c1-16(2,3)11-9-12(24)23-15(21-11)13(10-7-5-4-6-8-10)14(22-23)17(18,19)20/h4-9,22H,1-3H3. The van der Waals surface area contributed by atoms with E-state index in [-0.39, 0.29) is 11.2 Å². The Hall–Kier alpha value is -2.57. The van der Waals surface area contributed by atoms with E-state index in [4.69, 9.17) is 0 Å². The summed E-state index contributed by atoms with van der Waals surface area (Å²) in [4.78, 5) is 16.6. The van der Waals surface area contributed by atoms with Gasteiger partial charge < -0.3 is 0 Å². The SMILES string of the molecule is CC(C)(C)c1cc(=O)n2[nH]c(C(F)(F)F)c(-c3ccccc3)c2n1. The van der Waals surface area contributed by atoms with Crippen LogP contribution >= 0.6 is 0 Å². The van der Waals surface area contributed by atoms with Gasteiger partial charge in [0.15, 0.2) is 5.65 Å². The van der Waals surface area contributed by atoms with Crippen LogP contribution in [0.5, 0.6) is 0 Å². The maximum absolute atomic E-state index is 13.5. The molecule has 0 aliphatic heterocycles. The molecular formula is C17H16F3N3O. The van der Waals surface area contributed by atoms with Gasteiger partial charge in [0.05, 0.1) is 11.3 Å². The first-order chi connectivity index (χ1) is 11.1. The van der Waals surface area contributed by atoms with Crippen LogP contribution in [0.1, 0.15) is 32.2 Å². The van der Waals surface area contributed by atoms with E-state index in [1.807, 2.05) is 20.8 Å². The minimum atomic E-state index is -4.63. The van der Waals surface area contributed by atoms with Crippen LogP contribution < -0.4 is 5.56 Å². The Labute approximate surface area is 135 Å². The number of aromatic nitrogens is 3. The summed E-state index contributed by atoms with van der Waals surface area (Å²) in [7, 11) is 0. The lowest BCUT2D eigenvalue weighted by Gasteiger charge is -2.17. The van der Waals surface area contributed by atoms with Crippen LogP contribution in [0.4, 0.5) is 13.2 Å². The molecule has 0 radical (unpaired) electrons. The van der Waals surface area contributed by atoms with Crippen molar-refractivity contribution in [2.75, 3.05) is 0 Å². The number of nitrogens with zero attached hydrogens (tertiary/aromatic N) is 2. The predicted molar refractivity (Wildman–Crippen MR) is 85.0 cm³/mol. The number of aromatic amines is 1. The fourth-order valence-electron chi connectivity index (χ4n) is 2.51. The minimum Gasteiger partial charge on any atom is -0.284 e. The quantitative estimate of drug-likeness (QED) is 0.730. The van der Waals surface area contributed by atoms with E-state index in [0.717, 1.165) is 4.52 Å². The first-order valence-electron chi connectivity index (χ1n) is 7.38. The molecule has 0 spiro atoms. The molecule has 0 bridgehead atoms. The lowest BCUT2D eigenvalue weighted by molar-refractivity contribution is -0.140. The number of H-pyrrole nitrogens is 1. The lowest BCUT2D eigenvalue weighted by Crippen LogP contribution is -2.22. The zero-order valence-corrected chi connectivity index (χ0v) is 13.4. The summed E-state index contributed by atoms with van der Waals surface area (Å²) in [5, 5.41) is 2.17. The van der Waals surface area contributed by atoms with Gasteiger partial charge in [0.25, 0.3) is 5.56 Å². The molecule has 0 saturated carbocycles. The smallest absolute Gasteiger partial charge is 0.284 e. The Bertz CT molecular complexity index is 947. The number of hydrogen-bond donors (Lipinski definition) is 1. The Kier molecular flexibility index (Phi) is 3.55. The van der Waals surface area contributed by atoms with Gasteiger partial charge in [-0.15, -0.1) is 0 Å². The van der Waals surface area contributed by atoms with Crippen LogP contribution in [-0.2, 0) is 11.6 Å². The summed E-state index contributed by atoms with van der Waals surface area (Å²) in [6.07, 6.45) is -4.63. The van der Waals surface area contributed by atoms with Crippen molar-refractivity contribution in [3.05, 3.63) is 58.1 Å². The predicted octanol–water partition coefficient (Wildman–Crippen LogP) is 4.01. The number of nitrogens with one attached hydrogen (secondary N) is 1. The van der Waals surface area contributed by atoms with Crippen LogP contribution in [0.15, 0.2) is 41.2 Å². The van der Waals surface area contributed by atoms with Gasteiger partial charge in [-0.25, -0.2) is 9.50 Å². The monoisotopic (exact) mass is 335 g/mol. The molecule has 1 N–H and O–H groups in total. The summed E-state index contributed by atoms with van der Waals surface area (Å²) >= 11 is 0. The zero-order valence-electron chi connectivity index (χ0n) is 13.4. The van der Waals surface area contributed by atoms with Crippen molar-refractivity contribution in [1.82, 2.24) is 14.6 Å². The van der Waals surface area contributed by atoms with Gasteiger partial charge in [0.1, 0.15) is 5.69 Å². The minimum absolute atomic E-state index is 0.0223. The summed E-state index contributed by atoms with van der Waals surface area (Å²) in [6, 6.07) is 9.39. The van der Waals surface area contributed by atoms with Crippen molar-refractivity contribution < 1.29 is 13.2 Å². The summed E-state index contributed by atoms with van der Waals surface area (Å²) in [5.41, 5.74) is -1.37. The van der Waals surface area contributed by atoms with E-state index in [2.05, 4.69) is 10.1 Å². The molecule has 0 atom stereocenters. The third kappa shape index (κ3) is 2.70.